The number of aliphatic hydroxyl groups excluding tert-OH is 1. The number of aliphatic hydroxyl groups is 1. The smallest absolute Gasteiger partial charge is 0.115 e. The third-order valence-corrected chi connectivity index (χ3v) is 7.12. The molecular formula is C27H32N4O. The summed E-state index contributed by atoms with van der Waals surface area (Å²) in [5.41, 5.74) is 6.28. The molecule has 5 heteroatoms. The van der Waals surface area contributed by atoms with E-state index in [1.807, 2.05) is 12.4 Å². The number of nitrogens with zero attached hydrogens (tertiary/aromatic N) is 4. The van der Waals surface area contributed by atoms with Gasteiger partial charge in [-0.3, -0.25) is 9.80 Å². The highest BCUT2D eigenvalue weighted by Crippen LogP contribution is 2.42. The summed E-state index contributed by atoms with van der Waals surface area (Å²) < 4.78 is 0. The highest BCUT2D eigenvalue weighted by Gasteiger charge is 2.49. The maximum absolute atomic E-state index is 10.2. The molecule has 0 aliphatic carbocycles. The molecule has 166 valence electrons. The largest absolute Gasteiger partial charge is 0.395 e. The molecule has 0 radical (unpaired) electrons. The van der Waals surface area contributed by atoms with Gasteiger partial charge in [-0.25, -0.2) is 9.97 Å². The van der Waals surface area contributed by atoms with Crippen LogP contribution in [0.3, 0.4) is 0 Å². The van der Waals surface area contributed by atoms with Crippen LogP contribution in [0.4, 0.5) is 0 Å². The molecule has 5 rings (SSSR count). The second-order valence-electron chi connectivity index (χ2n) is 9.26. The van der Waals surface area contributed by atoms with Crippen LogP contribution in [0.1, 0.15) is 35.4 Å². The summed E-state index contributed by atoms with van der Waals surface area (Å²) in [6.07, 6.45) is 7.79. The normalized spacial score (nSPS) is 24.2. The van der Waals surface area contributed by atoms with Gasteiger partial charge in [0.1, 0.15) is 6.33 Å². The van der Waals surface area contributed by atoms with E-state index in [-0.39, 0.29) is 12.6 Å². The number of fused-ring (bicyclic) bond motifs is 1. The third kappa shape index (κ3) is 4.33. The van der Waals surface area contributed by atoms with Crippen molar-refractivity contribution in [2.75, 3.05) is 26.2 Å². The van der Waals surface area contributed by atoms with Crippen molar-refractivity contribution in [3.63, 3.8) is 0 Å². The van der Waals surface area contributed by atoms with Gasteiger partial charge in [0.25, 0.3) is 0 Å². The Kier molecular flexibility index (Phi) is 6.30. The first kappa shape index (κ1) is 21.3. The van der Waals surface area contributed by atoms with Crippen LogP contribution in [0.25, 0.3) is 11.1 Å². The topological polar surface area (TPSA) is 52.5 Å². The summed E-state index contributed by atoms with van der Waals surface area (Å²) in [5, 5.41) is 10.2. The quantitative estimate of drug-likeness (QED) is 0.668. The van der Waals surface area contributed by atoms with Gasteiger partial charge in [-0.05, 0) is 49.5 Å². The van der Waals surface area contributed by atoms with Crippen molar-refractivity contribution >= 4 is 0 Å². The van der Waals surface area contributed by atoms with Gasteiger partial charge in [-0.2, -0.15) is 0 Å². The highest BCUT2D eigenvalue weighted by atomic mass is 16.3. The van der Waals surface area contributed by atoms with Crippen LogP contribution < -0.4 is 0 Å². The number of hydrogen-bond donors (Lipinski definition) is 1. The van der Waals surface area contributed by atoms with Gasteiger partial charge in [0.2, 0.25) is 0 Å². The molecule has 1 N–H and O–H groups in total. The Morgan fingerprint density at radius 1 is 0.969 bits per heavy atom. The van der Waals surface area contributed by atoms with Crippen molar-refractivity contribution in [1.82, 2.24) is 19.8 Å². The van der Waals surface area contributed by atoms with Gasteiger partial charge in [0.05, 0.1) is 6.61 Å². The van der Waals surface area contributed by atoms with Gasteiger partial charge >= 0.3 is 0 Å². The van der Waals surface area contributed by atoms with Crippen LogP contribution in [0.2, 0.25) is 0 Å². The molecule has 0 amide bonds. The minimum atomic E-state index is 0.213. The Morgan fingerprint density at radius 2 is 1.75 bits per heavy atom. The molecule has 2 aromatic carbocycles. The average Bonchev–Trinajstić information content (AvgIpc) is 2.81. The summed E-state index contributed by atoms with van der Waals surface area (Å²) in [5.74, 6) is 0.360. The number of aryl methyl sites for hydroxylation is 1. The van der Waals surface area contributed by atoms with Crippen LogP contribution in [-0.4, -0.2) is 63.2 Å². The average molecular weight is 429 g/mol. The highest BCUT2D eigenvalue weighted by molar-refractivity contribution is 5.64. The van der Waals surface area contributed by atoms with Crippen molar-refractivity contribution in [2.24, 2.45) is 0 Å². The second-order valence-corrected chi connectivity index (χ2v) is 9.26. The lowest BCUT2D eigenvalue weighted by Gasteiger charge is -2.57. The summed E-state index contributed by atoms with van der Waals surface area (Å²) >= 11 is 0. The van der Waals surface area contributed by atoms with E-state index in [0.29, 0.717) is 12.0 Å². The maximum Gasteiger partial charge on any atom is 0.115 e. The van der Waals surface area contributed by atoms with E-state index < -0.39 is 0 Å². The first-order chi connectivity index (χ1) is 15.7. The Bertz CT molecular complexity index is 1020. The van der Waals surface area contributed by atoms with Crippen molar-refractivity contribution < 1.29 is 5.11 Å². The van der Waals surface area contributed by atoms with Gasteiger partial charge < -0.3 is 5.11 Å². The van der Waals surface area contributed by atoms with Crippen LogP contribution in [-0.2, 0) is 6.54 Å². The predicted molar refractivity (Wildman–Crippen MR) is 127 cm³/mol. The molecule has 0 spiro atoms. The summed E-state index contributed by atoms with van der Waals surface area (Å²) in [4.78, 5) is 13.4. The molecule has 3 atom stereocenters. The van der Waals surface area contributed by atoms with Crippen molar-refractivity contribution in [1.29, 1.82) is 0 Å². The number of hydrogen-bond acceptors (Lipinski definition) is 5. The SMILES string of the molecule is Cc1cccc(-c2ccc([C@@H]3[C@@H](CO)N4CCCCN(Cc5cncnc5)C[C@@H]34)cc2)c1. The molecule has 1 aromatic heterocycles. The Balaban J connectivity index is 1.36. The fourth-order valence-corrected chi connectivity index (χ4v) is 5.55. The van der Waals surface area contributed by atoms with Crippen molar-refractivity contribution in [3.05, 3.63) is 83.9 Å². The van der Waals surface area contributed by atoms with Crippen molar-refractivity contribution in [3.8, 4) is 11.1 Å². The molecule has 32 heavy (non-hydrogen) atoms. The Hall–Kier alpha value is -2.60. The molecular weight excluding hydrogens is 396 g/mol. The maximum atomic E-state index is 10.2. The van der Waals surface area contributed by atoms with Crippen LogP contribution in [0, 0.1) is 6.92 Å². The van der Waals surface area contributed by atoms with E-state index in [1.54, 1.807) is 6.33 Å². The standard InChI is InChI=1S/C27H32N4O/c1-20-5-4-6-24(13-20)22-7-9-23(10-8-22)27-25-17-30(16-21-14-28-19-29-15-21)11-2-3-12-31(25)26(27)18-32/h4-10,13-15,19,25-27,32H,2-3,11-12,16-18H2,1H3/t25-,26+,27-/m0/s1. The van der Waals surface area contributed by atoms with E-state index >= 15 is 0 Å². The Labute approximate surface area is 190 Å². The van der Waals surface area contributed by atoms with E-state index in [9.17, 15) is 5.11 Å². The lowest BCUT2D eigenvalue weighted by atomic mass is 9.74. The first-order valence-corrected chi connectivity index (χ1v) is 11.7. The minimum Gasteiger partial charge on any atom is -0.395 e. The van der Waals surface area contributed by atoms with E-state index in [0.717, 1.165) is 31.7 Å². The first-order valence-electron chi connectivity index (χ1n) is 11.7. The zero-order valence-corrected chi connectivity index (χ0v) is 18.8. The van der Waals surface area contributed by atoms with E-state index in [1.165, 1.54) is 35.1 Å². The zero-order valence-electron chi connectivity index (χ0n) is 18.8. The fourth-order valence-electron chi connectivity index (χ4n) is 5.55. The zero-order chi connectivity index (χ0) is 21.9. The lowest BCUT2D eigenvalue weighted by Crippen LogP contribution is -2.67. The fraction of sp³-hybridized carbons (Fsp3) is 0.407. The van der Waals surface area contributed by atoms with Gasteiger partial charge in [0.15, 0.2) is 0 Å². The van der Waals surface area contributed by atoms with Gasteiger partial charge in [-0.1, -0.05) is 54.1 Å². The van der Waals surface area contributed by atoms with E-state index in [4.69, 9.17) is 0 Å². The van der Waals surface area contributed by atoms with Crippen LogP contribution in [0.5, 0.6) is 0 Å². The van der Waals surface area contributed by atoms with Crippen LogP contribution in [0.15, 0.2) is 67.3 Å². The lowest BCUT2D eigenvalue weighted by molar-refractivity contribution is -0.0655. The predicted octanol–water partition coefficient (Wildman–Crippen LogP) is 3.88. The molecule has 0 unspecified atom stereocenters. The number of aromatic nitrogens is 2. The molecule has 2 aliphatic heterocycles. The molecule has 3 heterocycles. The van der Waals surface area contributed by atoms with Gasteiger partial charge in [-0.15, -0.1) is 0 Å². The van der Waals surface area contributed by atoms with Crippen LogP contribution >= 0.6 is 0 Å². The molecule has 5 nitrogen and oxygen atoms in total. The summed E-state index contributed by atoms with van der Waals surface area (Å²) in [6.45, 7) is 6.42. The molecule has 3 aromatic rings. The third-order valence-electron chi connectivity index (χ3n) is 7.12. The minimum absolute atomic E-state index is 0.213. The molecule has 2 saturated heterocycles. The molecule has 2 aliphatic rings. The van der Waals surface area contributed by atoms with E-state index in [2.05, 4.69) is 75.2 Å². The molecule has 0 saturated carbocycles. The summed E-state index contributed by atoms with van der Waals surface area (Å²) in [7, 11) is 0. The Morgan fingerprint density at radius 3 is 2.50 bits per heavy atom. The second kappa shape index (κ2) is 9.49. The molecule has 0 bridgehead atoms. The van der Waals surface area contributed by atoms with Crippen molar-refractivity contribution in [2.45, 2.75) is 44.3 Å². The summed E-state index contributed by atoms with van der Waals surface area (Å²) in [6, 6.07) is 18.3. The number of rotatable bonds is 5. The molecule has 2 fully saturated rings. The van der Waals surface area contributed by atoms with Gasteiger partial charge in [0, 0.05) is 49.0 Å². The monoisotopic (exact) mass is 428 g/mol. The number of benzene rings is 2.